The molecule has 0 atom stereocenters. The molecule has 1 heterocycles. The predicted molar refractivity (Wildman–Crippen MR) is 111 cm³/mol. The summed E-state index contributed by atoms with van der Waals surface area (Å²) in [6.45, 7) is 0. The first-order valence-electron chi connectivity index (χ1n) is 8.85. The minimum absolute atomic E-state index is 0.00839. The first-order chi connectivity index (χ1) is 15.5. The molecular weight excluding hydrogens is 491 g/mol. The van der Waals surface area contributed by atoms with E-state index in [4.69, 9.17) is 16.7 Å². The van der Waals surface area contributed by atoms with E-state index in [1.54, 1.807) is 6.07 Å². The second-order valence-corrected chi connectivity index (χ2v) is 8.59. The molecule has 6 nitrogen and oxygen atoms in total. The van der Waals surface area contributed by atoms with Crippen LogP contribution in [0.2, 0.25) is 5.02 Å². The molecule has 0 fully saturated rings. The number of fused-ring (bicyclic) bond motifs is 1. The molecule has 4 rings (SSSR count). The lowest BCUT2D eigenvalue weighted by Crippen LogP contribution is -2.19. The molecule has 0 aliphatic carbocycles. The van der Waals surface area contributed by atoms with Crippen LogP contribution >= 0.6 is 11.6 Å². The third kappa shape index (κ3) is 3.96. The molecule has 0 saturated carbocycles. The van der Waals surface area contributed by atoms with Crippen molar-refractivity contribution in [3.63, 3.8) is 0 Å². The summed E-state index contributed by atoms with van der Waals surface area (Å²) in [5, 5.41) is 7.07. The van der Waals surface area contributed by atoms with Crippen LogP contribution in [0.25, 0.3) is 22.0 Å². The lowest BCUT2D eigenvalue weighted by molar-refractivity contribution is 0.399. The van der Waals surface area contributed by atoms with E-state index in [0.29, 0.717) is 0 Å². The number of nitrogens with zero attached hydrogens (tertiary/aromatic N) is 2. The van der Waals surface area contributed by atoms with Crippen LogP contribution < -0.4 is 10.5 Å². The van der Waals surface area contributed by atoms with Gasteiger partial charge in [0.2, 0.25) is 10.0 Å². The van der Waals surface area contributed by atoms with Gasteiger partial charge in [0.05, 0.1) is 5.52 Å². The number of rotatable bonds is 4. The van der Waals surface area contributed by atoms with E-state index in [-0.39, 0.29) is 32.9 Å². The van der Waals surface area contributed by atoms with Crippen LogP contribution in [0.4, 0.5) is 33.5 Å². The molecular formula is C20H10ClF5N4O2S. The van der Waals surface area contributed by atoms with Crippen LogP contribution in [0.3, 0.4) is 0 Å². The second kappa shape index (κ2) is 8.21. The summed E-state index contributed by atoms with van der Waals surface area (Å²) in [4.78, 5) is 6.18. The molecule has 170 valence electrons. The van der Waals surface area contributed by atoms with Gasteiger partial charge in [-0.05, 0) is 18.2 Å². The number of hydrogen-bond donors (Lipinski definition) is 2. The third-order valence-electron chi connectivity index (χ3n) is 4.64. The summed E-state index contributed by atoms with van der Waals surface area (Å²) >= 11 is 6.28. The Labute approximate surface area is 187 Å². The van der Waals surface area contributed by atoms with Crippen LogP contribution in [-0.2, 0) is 10.0 Å². The Morgan fingerprint density at radius 2 is 1.55 bits per heavy atom. The Morgan fingerprint density at radius 3 is 2.21 bits per heavy atom. The van der Waals surface area contributed by atoms with Gasteiger partial charge in [-0.25, -0.2) is 45.5 Å². The van der Waals surface area contributed by atoms with Gasteiger partial charge in [-0.1, -0.05) is 29.8 Å². The van der Waals surface area contributed by atoms with Gasteiger partial charge >= 0.3 is 0 Å². The van der Waals surface area contributed by atoms with Crippen molar-refractivity contribution in [1.29, 1.82) is 0 Å². The summed E-state index contributed by atoms with van der Waals surface area (Å²) < 4.78 is 93.9. The van der Waals surface area contributed by atoms with Crippen molar-refractivity contribution in [1.82, 2.24) is 9.97 Å². The highest BCUT2D eigenvalue weighted by atomic mass is 35.5. The highest BCUT2D eigenvalue weighted by Gasteiger charge is 2.32. The van der Waals surface area contributed by atoms with E-state index < -0.39 is 49.7 Å². The van der Waals surface area contributed by atoms with Crippen LogP contribution in [0.1, 0.15) is 0 Å². The van der Waals surface area contributed by atoms with E-state index in [1.165, 1.54) is 30.3 Å². The number of nitrogens with two attached hydrogens (primary N) is 1. The molecule has 0 aliphatic heterocycles. The van der Waals surface area contributed by atoms with Gasteiger partial charge in [-0.2, -0.15) is 0 Å². The molecule has 1 aromatic heterocycles. The van der Waals surface area contributed by atoms with Crippen molar-refractivity contribution in [3.05, 3.63) is 76.8 Å². The molecule has 0 aliphatic rings. The van der Waals surface area contributed by atoms with Crippen molar-refractivity contribution >= 4 is 44.0 Å². The van der Waals surface area contributed by atoms with E-state index in [9.17, 15) is 30.4 Å². The number of aromatic nitrogens is 2. The summed E-state index contributed by atoms with van der Waals surface area (Å²) in [5.74, 6) is -9.77. The zero-order chi connectivity index (χ0) is 24.1. The van der Waals surface area contributed by atoms with Crippen molar-refractivity contribution < 1.29 is 30.4 Å². The fourth-order valence-corrected chi connectivity index (χ4v) is 4.20. The van der Waals surface area contributed by atoms with Crippen LogP contribution in [-0.4, -0.2) is 18.4 Å². The Bertz CT molecular complexity index is 1550. The highest BCUT2D eigenvalue weighted by Crippen LogP contribution is 2.37. The fourth-order valence-electron chi connectivity index (χ4n) is 3.17. The van der Waals surface area contributed by atoms with Gasteiger partial charge < -0.3 is 5.32 Å². The number of benzene rings is 3. The number of primary sulfonamides is 1. The quantitative estimate of drug-likeness (QED) is 0.232. The first-order valence-corrected chi connectivity index (χ1v) is 10.8. The Hall–Kier alpha value is -3.35. The van der Waals surface area contributed by atoms with E-state index in [2.05, 4.69) is 15.3 Å². The third-order valence-corrected chi connectivity index (χ3v) is 5.91. The Kier molecular flexibility index (Phi) is 5.68. The van der Waals surface area contributed by atoms with Crippen LogP contribution in [0, 0.1) is 29.1 Å². The molecule has 0 radical (unpaired) electrons. The van der Waals surface area contributed by atoms with E-state index in [1.807, 2.05) is 0 Å². The van der Waals surface area contributed by atoms with Crippen molar-refractivity contribution in [2.24, 2.45) is 5.14 Å². The smallest absolute Gasteiger partial charge is 0.243 e. The van der Waals surface area contributed by atoms with Crippen molar-refractivity contribution in [3.8, 4) is 11.1 Å². The maximum Gasteiger partial charge on any atom is 0.243 e. The maximum atomic E-state index is 14.5. The number of nitrogens with one attached hydrogen (secondary N) is 1. The average Bonchev–Trinajstić information content (AvgIpc) is 2.75. The zero-order valence-corrected chi connectivity index (χ0v) is 17.6. The maximum absolute atomic E-state index is 14.5. The predicted octanol–water partition coefficient (Wildman–Crippen LogP) is 5.04. The molecule has 13 heteroatoms. The van der Waals surface area contributed by atoms with Crippen LogP contribution in [0.5, 0.6) is 0 Å². The van der Waals surface area contributed by atoms with Crippen LogP contribution in [0.15, 0.2) is 47.6 Å². The fraction of sp³-hybridized carbons (Fsp3) is 0. The summed E-state index contributed by atoms with van der Waals surface area (Å²) in [7, 11) is -5.05. The van der Waals surface area contributed by atoms with Crippen molar-refractivity contribution in [2.75, 3.05) is 5.32 Å². The molecule has 0 saturated heterocycles. The molecule has 0 unspecified atom stereocenters. The molecule has 0 spiro atoms. The minimum atomic E-state index is -5.05. The molecule has 3 N–H and O–H groups in total. The average molecular weight is 501 g/mol. The van der Waals surface area contributed by atoms with Gasteiger partial charge in [-0.3, -0.25) is 0 Å². The van der Waals surface area contributed by atoms with Gasteiger partial charge in [0.1, 0.15) is 28.5 Å². The highest BCUT2D eigenvalue weighted by molar-refractivity contribution is 7.89. The topological polar surface area (TPSA) is 98.0 Å². The Balaban J connectivity index is 1.94. The number of sulfonamides is 1. The summed E-state index contributed by atoms with van der Waals surface area (Å²) in [6.07, 6.45) is 0.967. The molecule has 3 aromatic carbocycles. The van der Waals surface area contributed by atoms with Gasteiger partial charge in [0, 0.05) is 21.5 Å². The molecule has 4 aromatic rings. The minimum Gasteiger partial charge on any atom is -0.336 e. The lowest BCUT2D eigenvalue weighted by atomic mass is 10.0. The van der Waals surface area contributed by atoms with E-state index in [0.717, 1.165) is 6.33 Å². The monoisotopic (exact) mass is 500 g/mol. The van der Waals surface area contributed by atoms with Gasteiger partial charge in [-0.15, -0.1) is 0 Å². The van der Waals surface area contributed by atoms with Gasteiger partial charge in [0.25, 0.3) is 0 Å². The second-order valence-electron chi connectivity index (χ2n) is 6.68. The number of anilines is 2. The largest absolute Gasteiger partial charge is 0.336 e. The molecule has 0 bridgehead atoms. The molecule has 0 amide bonds. The summed E-state index contributed by atoms with van der Waals surface area (Å²) in [6, 6.07) is 8.40. The van der Waals surface area contributed by atoms with Crippen molar-refractivity contribution in [2.45, 2.75) is 4.90 Å². The SMILES string of the molecule is NS(=O)(=O)c1c(F)c(F)c(F)c(F)c1Nc1ncnc2cc(-c3ccccc3F)c(Cl)cc12. The molecule has 33 heavy (non-hydrogen) atoms. The zero-order valence-electron chi connectivity index (χ0n) is 16.0. The number of halogens is 6. The summed E-state index contributed by atoms with van der Waals surface area (Å²) in [5.41, 5.74) is -0.760. The number of hydrogen-bond acceptors (Lipinski definition) is 5. The van der Waals surface area contributed by atoms with Gasteiger partial charge in [0.15, 0.2) is 23.3 Å². The normalized spacial score (nSPS) is 11.7. The van der Waals surface area contributed by atoms with E-state index >= 15 is 0 Å². The lowest BCUT2D eigenvalue weighted by Gasteiger charge is -2.15. The standard InChI is InChI=1S/C20H10ClF5N4O2S/c21-11-5-10-13(6-9(11)8-3-1-2-4-12(8)22)28-7-29-20(10)30-18-16(25)14(23)15(24)17(26)19(18)33(27,31)32/h1-7H,(H2,27,31,32)(H,28,29,30). The Morgan fingerprint density at radius 1 is 0.879 bits per heavy atom. The first kappa shape index (κ1) is 22.8.